The van der Waals surface area contributed by atoms with Crippen molar-refractivity contribution in [1.82, 2.24) is 4.57 Å². The van der Waals surface area contributed by atoms with Gasteiger partial charge in [-0.25, -0.2) is 0 Å². The van der Waals surface area contributed by atoms with Gasteiger partial charge in [0.05, 0.1) is 12.6 Å². The fraction of sp³-hybridized carbons (Fsp3) is 0.154. The first-order valence-corrected chi connectivity index (χ1v) is 11.8. The Kier molecular flexibility index (Phi) is 8.15. The van der Waals surface area contributed by atoms with Crippen LogP contribution in [0.4, 0.5) is 0 Å². The Labute approximate surface area is 211 Å². The number of ether oxygens (including phenoxy) is 1. The average molecular weight is 575 g/mol. The number of nitrogens with two attached hydrogens (primary N) is 1. The second kappa shape index (κ2) is 10.9. The molecule has 0 radical (unpaired) electrons. The van der Waals surface area contributed by atoms with E-state index in [0.717, 1.165) is 28.8 Å². The molecule has 0 saturated carbocycles. The summed E-state index contributed by atoms with van der Waals surface area (Å²) in [6.07, 6.45) is 0.930. The Morgan fingerprint density at radius 1 is 1.00 bits per heavy atom. The molecule has 4 rings (SSSR count). The van der Waals surface area contributed by atoms with Crippen LogP contribution in [0, 0.1) is 10.5 Å². The number of amides is 1. The maximum atomic E-state index is 12.7. The smallest absolute Gasteiger partial charge is 0.262 e. The number of carbonyl (C=O) groups excluding carboxylic acids is 2. The Balaban J connectivity index is 0.000000218. The topological polar surface area (TPSA) is 74.3 Å². The summed E-state index contributed by atoms with van der Waals surface area (Å²) in [6, 6.07) is 20.1. The van der Waals surface area contributed by atoms with E-state index in [1.54, 1.807) is 42.0 Å². The third kappa shape index (κ3) is 5.75. The van der Waals surface area contributed by atoms with E-state index >= 15 is 0 Å². The normalized spacial score (nSPS) is 10.5. The molecule has 1 aromatic heterocycles. The largest absolute Gasteiger partial charge is 0.497 e. The molecule has 2 N–H and O–H groups in total. The molecule has 7 heteroatoms. The number of nitrogens with zero attached hydrogens (tertiary/aromatic N) is 1. The molecular formula is C26H24ClIN2O3. The summed E-state index contributed by atoms with van der Waals surface area (Å²) in [6.45, 7) is 3.97. The van der Waals surface area contributed by atoms with Crippen LogP contribution >= 0.6 is 34.2 Å². The fourth-order valence-electron chi connectivity index (χ4n) is 3.45. The van der Waals surface area contributed by atoms with E-state index in [1.807, 2.05) is 43.3 Å². The summed E-state index contributed by atoms with van der Waals surface area (Å²) >= 11 is 8.12. The Morgan fingerprint density at radius 2 is 1.67 bits per heavy atom. The third-order valence-corrected chi connectivity index (χ3v) is 6.50. The second-order valence-electron chi connectivity index (χ2n) is 7.38. The van der Waals surface area contributed by atoms with Gasteiger partial charge in [0.15, 0.2) is 0 Å². The highest BCUT2D eigenvalue weighted by Crippen LogP contribution is 2.25. The van der Waals surface area contributed by atoms with Gasteiger partial charge in [-0.1, -0.05) is 18.5 Å². The summed E-state index contributed by atoms with van der Waals surface area (Å²) in [5.41, 5.74) is 9.27. The highest BCUT2D eigenvalue weighted by atomic mass is 127. The predicted molar refractivity (Wildman–Crippen MR) is 141 cm³/mol. The van der Waals surface area contributed by atoms with Crippen LogP contribution in [0.2, 0.25) is 5.02 Å². The summed E-state index contributed by atoms with van der Waals surface area (Å²) in [7, 11) is 1.63. The van der Waals surface area contributed by atoms with E-state index in [1.165, 1.54) is 9.13 Å². The molecule has 0 atom stereocenters. The van der Waals surface area contributed by atoms with Gasteiger partial charge in [-0.3, -0.25) is 14.2 Å². The summed E-state index contributed by atoms with van der Waals surface area (Å²) in [4.78, 5) is 23.5. The summed E-state index contributed by atoms with van der Waals surface area (Å²) in [5.74, 6) is 0.351. The first-order valence-electron chi connectivity index (χ1n) is 10.3. The number of carbonyl (C=O) groups is 2. The van der Waals surface area contributed by atoms with Crippen molar-refractivity contribution < 1.29 is 14.3 Å². The van der Waals surface area contributed by atoms with Crippen LogP contribution in [0.3, 0.4) is 0 Å². The number of benzene rings is 3. The first-order chi connectivity index (χ1) is 15.7. The number of aromatic nitrogens is 1. The molecule has 0 aliphatic rings. The molecular weight excluding hydrogens is 551 g/mol. The van der Waals surface area contributed by atoms with Crippen LogP contribution in [0.1, 0.15) is 38.9 Å². The number of aryl methyl sites for hydroxylation is 2. The Hall–Kier alpha value is -2.84. The predicted octanol–water partition coefficient (Wildman–Crippen LogP) is 6.25. The zero-order valence-electron chi connectivity index (χ0n) is 18.6. The molecule has 33 heavy (non-hydrogen) atoms. The number of hydrogen-bond acceptors (Lipinski definition) is 3. The Bertz CT molecular complexity index is 1310. The quantitative estimate of drug-likeness (QED) is 0.293. The number of methoxy groups -OCH3 is 1. The molecule has 4 aromatic rings. The zero-order valence-corrected chi connectivity index (χ0v) is 21.5. The molecule has 0 unspecified atom stereocenters. The number of hydrogen-bond donors (Lipinski definition) is 1. The summed E-state index contributed by atoms with van der Waals surface area (Å²) in [5, 5.41) is 1.60. The van der Waals surface area contributed by atoms with E-state index in [2.05, 4.69) is 29.5 Å². The molecule has 170 valence electrons. The number of fused-ring (bicyclic) bond motifs is 1. The molecule has 5 nitrogen and oxygen atoms in total. The van der Waals surface area contributed by atoms with Crippen molar-refractivity contribution in [3.05, 3.63) is 97.7 Å². The SMILES string of the molecule is CCc1cc(C(N)=O)ccc1I.COc1ccc2c(c1)cc(C)n2C(=O)c1ccc(Cl)cc1. The van der Waals surface area contributed by atoms with Gasteiger partial charge in [0.2, 0.25) is 5.91 Å². The van der Waals surface area contributed by atoms with Crippen molar-refractivity contribution in [3.8, 4) is 5.75 Å². The van der Waals surface area contributed by atoms with Crippen molar-refractivity contribution in [2.24, 2.45) is 5.73 Å². The van der Waals surface area contributed by atoms with Gasteiger partial charge in [0.1, 0.15) is 5.75 Å². The van der Waals surface area contributed by atoms with E-state index in [4.69, 9.17) is 22.1 Å². The molecule has 3 aromatic carbocycles. The van der Waals surface area contributed by atoms with Gasteiger partial charge in [0, 0.05) is 30.8 Å². The van der Waals surface area contributed by atoms with Crippen LogP contribution in [0.5, 0.6) is 5.75 Å². The minimum absolute atomic E-state index is 0.0654. The van der Waals surface area contributed by atoms with Crippen molar-refractivity contribution in [2.75, 3.05) is 7.11 Å². The molecule has 0 fully saturated rings. The van der Waals surface area contributed by atoms with Crippen LogP contribution in [0.25, 0.3) is 10.9 Å². The fourth-order valence-corrected chi connectivity index (χ4v) is 4.29. The van der Waals surface area contributed by atoms with Crippen LogP contribution < -0.4 is 10.5 Å². The van der Waals surface area contributed by atoms with Crippen molar-refractivity contribution in [1.29, 1.82) is 0 Å². The number of halogens is 2. The van der Waals surface area contributed by atoms with Gasteiger partial charge in [-0.15, -0.1) is 0 Å². The van der Waals surface area contributed by atoms with E-state index in [9.17, 15) is 9.59 Å². The van der Waals surface area contributed by atoms with Crippen LogP contribution in [-0.4, -0.2) is 23.5 Å². The third-order valence-electron chi connectivity index (χ3n) is 5.20. The van der Waals surface area contributed by atoms with Crippen LogP contribution in [0.15, 0.2) is 66.7 Å². The lowest BCUT2D eigenvalue weighted by Crippen LogP contribution is -2.13. The Morgan fingerprint density at radius 3 is 2.27 bits per heavy atom. The molecule has 0 spiro atoms. The molecule has 0 saturated heterocycles. The zero-order chi connectivity index (χ0) is 24.1. The molecule has 0 aliphatic carbocycles. The molecule has 0 aliphatic heterocycles. The molecule has 1 heterocycles. The number of rotatable bonds is 4. The van der Waals surface area contributed by atoms with Crippen LogP contribution in [-0.2, 0) is 6.42 Å². The summed E-state index contributed by atoms with van der Waals surface area (Å²) < 4.78 is 8.11. The monoisotopic (exact) mass is 574 g/mol. The standard InChI is InChI=1S/C17H14ClNO2.C9H10INO/c1-11-9-13-10-15(21-2)7-8-16(13)19(11)17(20)12-3-5-14(18)6-4-12;1-2-6-5-7(9(11)12)3-4-8(6)10/h3-10H,1-2H3;3-5H,2H2,1H3,(H2,11,12). The second-order valence-corrected chi connectivity index (χ2v) is 8.98. The van der Waals surface area contributed by atoms with Gasteiger partial charge in [-0.05, 0) is 108 Å². The lowest BCUT2D eigenvalue weighted by Gasteiger charge is -2.07. The first kappa shape index (κ1) is 24.8. The number of primary amides is 1. The molecule has 0 bridgehead atoms. The van der Waals surface area contributed by atoms with Crippen molar-refractivity contribution in [3.63, 3.8) is 0 Å². The van der Waals surface area contributed by atoms with E-state index in [0.29, 0.717) is 16.1 Å². The van der Waals surface area contributed by atoms with E-state index < -0.39 is 0 Å². The van der Waals surface area contributed by atoms with Gasteiger partial charge in [-0.2, -0.15) is 0 Å². The van der Waals surface area contributed by atoms with Gasteiger partial charge in [0.25, 0.3) is 5.91 Å². The highest BCUT2D eigenvalue weighted by Gasteiger charge is 2.15. The van der Waals surface area contributed by atoms with Gasteiger partial charge >= 0.3 is 0 Å². The van der Waals surface area contributed by atoms with Gasteiger partial charge < -0.3 is 10.5 Å². The van der Waals surface area contributed by atoms with Crippen molar-refractivity contribution >= 4 is 56.9 Å². The van der Waals surface area contributed by atoms with Crippen molar-refractivity contribution in [2.45, 2.75) is 20.3 Å². The molecule has 1 amide bonds. The average Bonchev–Trinajstić information content (AvgIpc) is 3.14. The minimum Gasteiger partial charge on any atom is -0.497 e. The highest BCUT2D eigenvalue weighted by molar-refractivity contribution is 14.1. The maximum Gasteiger partial charge on any atom is 0.262 e. The maximum absolute atomic E-state index is 12.7. The lowest BCUT2D eigenvalue weighted by atomic mass is 10.1. The lowest BCUT2D eigenvalue weighted by molar-refractivity contribution is 0.0961. The van der Waals surface area contributed by atoms with E-state index in [-0.39, 0.29) is 11.8 Å². The minimum atomic E-state index is -0.360.